The molecule has 8 nitrogen and oxygen atoms in total. The molecule has 0 radical (unpaired) electrons. The Morgan fingerprint density at radius 3 is 2.97 bits per heavy atom. The number of aromatic nitrogens is 4. The van der Waals surface area contributed by atoms with E-state index in [9.17, 15) is 9.18 Å². The minimum Gasteiger partial charge on any atom is -0.339 e. The van der Waals surface area contributed by atoms with Crippen LogP contribution < -0.4 is 5.32 Å². The largest absolute Gasteiger partial charge is 0.339 e. The Kier molecular flexibility index (Phi) is 4.09. The zero-order valence-corrected chi connectivity index (χ0v) is 15.5. The van der Waals surface area contributed by atoms with E-state index in [0.29, 0.717) is 28.6 Å². The molecule has 0 unspecified atom stereocenters. The zero-order chi connectivity index (χ0) is 20.0. The predicted octanol–water partition coefficient (Wildman–Crippen LogP) is 2.80. The molecule has 29 heavy (non-hydrogen) atoms. The van der Waals surface area contributed by atoms with Crippen molar-refractivity contribution >= 4 is 17.2 Å². The van der Waals surface area contributed by atoms with Gasteiger partial charge in [-0.3, -0.25) is 9.20 Å². The highest BCUT2D eigenvalue weighted by molar-refractivity contribution is 6.03. The van der Waals surface area contributed by atoms with Gasteiger partial charge in [-0.15, -0.1) is 0 Å². The fourth-order valence-electron chi connectivity index (χ4n) is 3.42. The highest BCUT2D eigenvalue weighted by atomic mass is 19.1. The molecule has 1 aromatic carbocycles. The maximum Gasteiger partial charge on any atom is 0.274 e. The molecule has 5 rings (SSSR count). The molecule has 1 amide bonds. The Morgan fingerprint density at radius 2 is 2.14 bits per heavy atom. The summed E-state index contributed by atoms with van der Waals surface area (Å²) in [6, 6.07) is 9.73. The molecule has 0 spiro atoms. The van der Waals surface area contributed by atoms with Gasteiger partial charge < -0.3 is 14.7 Å². The van der Waals surface area contributed by atoms with Crippen molar-refractivity contribution in [2.24, 2.45) is 0 Å². The maximum absolute atomic E-state index is 14.3. The Labute approximate surface area is 165 Å². The van der Waals surface area contributed by atoms with Crippen molar-refractivity contribution in [2.75, 3.05) is 25.5 Å². The molecule has 1 N–H and O–H groups in total. The Bertz CT molecular complexity index is 1210. The molecule has 4 heterocycles. The first kappa shape index (κ1) is 17.5. The number of pyridine rings is 1. The SMILES string of the molecule is CN1CC(c2nc(-c3ccc(F)c(NC(=O)c4cnc5ccccn45)c3)no2)C1. The van der Waals surface area contributed by atoms with Crippen molar-refractivity contribution < 1.29 is 13.7 Å². The summed E-state index contributed by atoms with van der Waals surface area (Å²) in [4.78, 5) is 23.4. The van der Waals surface area contributed by atoms with Crippen LogP contribution in [-0.2, 0) is 0 Å². The van der Waals surface area contributed by atoms with Crippen LogP contribution in [0.15, 0.2) is 53.3 Å². The monoisotopic (exact) mass is 392 g/mol. The number of imidazole rings is 1. The molecule has 0 bridgehead atoms. The summed E-state index contributed by atoms with van der Waals surface area (Å²) in [5.74, 6) is 0.126. The van der Waals surface area contributed by atoms with Gasteiger partial charge in [-0.25, -0.2) is 9.37 Å². The minimum absolute atomic E-state index is 0.0353. The molecule has 3 aromatic heterocycles. The molecule has 1 aliphatic heterocycles. The standard InChI is InChI=1S/C20H17FN6O2/c1-26-10-13(11-26)20-24-18(25-29-20)12-5-6-14(21)15(8-12)23-19(28)16-9-22-17-4-2-3-7-27(16)17/h2-9,13H,10-11H2,1H3,(H,23,28). The normalized spacial score (nSPS) is 14.8. The molecule has 0 aliphatic carbocycles. The number of amides is 1. The molecule has 1 saturated heterocycles. The fourth-order valence-corrected chi connectivity index (χ4v) is 3.42. The van der Waals surface area contributed by atoms with E-state index < -0.39 is 11.7 Å². The van der Waals surface area contributed by atoms with Crippen molar-refractivity contribution in [1.82, 2.24) is 24.4 Å². The number of rotatable bonds is 4. The van der Waals surface area contributed by atoms with E-state index in [1.54, 1.807) is 28.8 Å². The van der Waals surface area contributed by atoms with E-state index in [-0.39, 0.29) is 11.6 Å². The third-order valence-corrected chi connectivity index (χ3v) is 4.98. The lowest BCUT2D eigenvalue weighted by molar-refractivity contribution is 0.102. The average molecular weight is 392 g/mol. The van der Waals surface area contributed by atoms with Crippen molar-refractivity contribution in [1.29, 1.82) is 0 Å². The van der Waals surface area contributed by atoms with Gasteiger partial charge in [0.2, 0.25) is 11.7 Å². The lowest BCUT2D eigenvalue weighted by Crippen LogP contribution is -2.41. The van der Waals surface area contributed by atoms with Gasteiger partial charge in [0.05, 0.1) is 17.8 Å². The Morgan fingerprint density at radius 1 is 1.28 bits per heavy atom. The molecule has 0 saturated carbocycles. The van der Waals surface area contributed by atoms with Crippen molar-refractivity contribution in [3.05, 3.63) is 66.2 Å². The summed E-state index contributed by atoms with van der Waals surface area (Å²) in [6.45, 7) is 1.73. The van der Waals surface area contributed by atoms with Gasteiger partial charge in [0.15, 0.2) is 0 Å². The lowest BCUT2D eigenvalue weighted by Gasteiger charge is -2.33. The van der Waals surface area contributed by atoms with Gasteiger partial charge in [-0.1, -0.05) is 11.2 Å². The lowest BCUT2D eigenvalue weighted by atomic mass is 10.0. The van der Waals surface area contributed by atoms with Crippen LogP contribution >= 0.6 is 0 Å². The van der Waals surface area contributed by atoms with Crippen LogP contribution in [0.1, 0.15) is 22.3 Å². The number of anilines is 1. The number of nitrogens with zero attached hydrogens (tertiary/aromatic N) is 5. The van der Waals surface area contributed by atoms with Crippen LogP contribution in [0, 0.1) is 5.82 Å². The number of carbonyl (C=O) groups is 1. The summed E-state index contributed by atoms with van der Waals surface area (Å²) < 4.78 is 21.3. The fraction of sp³-hybridized carbons (Fsp3) is 0.200. The molecule has 9 heteroatoms. The Balaban J connectivity index is 1.40. The first-order chi connectivity index (χ1) is 14.1. The summed E-state index contributed by atoms with van der Waals surface area (Å²) in [5.41, 5.74) is 1.53. The highest BCUT2D eigenvalue weighted by Gasteiger charge is 2.30. The second-order valence-electron chi connectivity index (χ2n) is 7.10. The first-order valence-electron chi connectivity index (χ1n) is 9.14. The number of carbonyl (C=O) groups excluding carboxylic acids is 1. The highest BCUT2D eigenvalue weighted by Crippen LogP contribution is 2.28. The van der Waals surface area contributed by atoms with E-state index >= 15 is 0 Å². The van der Waals surface area contributed by atoms with Gasteiger partial charge in [0.25, 0.3) is 5.91 Å². The van der Waals surface area contributed by atoms with E-state index in [4.69, 9.17) is 4.52 Å². The van der Waals surface area contributed by atoms with Crippen LogP contribution in [0.4, 0.5) is 10.1 Å². The number of likely N-dealkylation sites (N-methyl/N-ethyl adjacent to an activating group) is 1. The van der Waals surface area contributed by atoms with E-state index in [1.807, 2.05) is 13.1 Å². The van der Waals surface area contributed by atoms with Crippen molar-refractivity contribution in [2.45, 2.75) is 5.92 Å². The molecular formula is C20H17FN6O2. The molecule has 1 aliphatic rings. The number of hydrogen-bond donors (Lipinski definition) is 1. The molecule has 146 valence electrons. The molecular weight excluding hydrogens is 375 g/mol. The molecule has 4 aromatic rings. The summed E-state index contributed by atoms with van der Waals surface area (Å²) in [5, 5.41) is 6.61. The van der Waals surface area contributed by atoms with E-state index in [1.165, 1.54) is 18.3 Å². The number of benzene rings is 1. The van der Waals surface area contributed by atoms with Crippen LogP contribution in [0.5, 0.6) is 0 Å². The van der Waals surface area contributed by atoms with Gasteiger partial charge in [-0.2, -0.15) is 4.98 Å². The molecule has 0 atom stereocenters. The average Bonchev–Trinajstić information content (AvgIpc) is 3.34. The summed E-state index contributed by atoms with van der Waals surface area (Å²) in [7, 11) is 2.02. The number of hydrogen-bond acceptors (Lipinski definition) is 6. The predicted molar refractivity (Wildman–Crippen MR) is 103 cm³/mol. The number of halogens is 1. The third kappa shape index (κ3) is 3.15. The van der Waals surface area contributed by atoms with Gasteiger partial charge in [0.1, 0.15) is 17.2 Å². The van der Waals surface area contributed by atoms with Crippen molar-refractivity contribution in [3.8, 4) is 11.4 Å². The second-order valence-corrected chi connectivity index (χ2v) is 7.10. The zero-order valence-electron chi connectivity index (χ0n) is 15.5. The quantitative estimate of drug-likeness (QED) is 0.575. The number of nitrogens with one attached hydrogen (secondary N) is 1. The van der Waals surface area contributed by atoms with E-state index in [2.05, 4.69) is 25.3 Å². The van der Waals surface area contributed by atoms with Crippen molar-refractivity contribution in [3.63, 3.8) is 0 Å². The van der Waals surface area contributed by atoms with Crippen LogP contribution in [0.25, 0.3) is 17.0 Å². The summed E-state index contributed by atoms with van der Waals surface area (Å²) >= 11 is 0. The van der Waals surface area contributed by atoms with Crippen LogP contribution in [0.3, 0.4) is 0 Å². The van der Waals surface area contributed by atoms with Crippen LogP contribution in [-0.4, -0.2) is 50.5 Å². The number of likely N-dealkylation sites (tertiary alicyclic amines) is 1. The van der Waals surface area contributed by atoms with Crippen LogP contribution in [0.2, 0.25) is 0 Å². The third-order valence-electron chi connectivity index (χ3n) is 4.98. The van der Waals surface area contributed by atoms with E-state index in [0.717, 1.165) is 13.1 Å². The maximum atomic E-state index is 14.3. The van der Waals surface area contributed by atoms with Gasteiger partial charge in [0, 0.05) is 24.8 Å². The smallest absolute Gasteiger partial charge is 0.274 e. The Hall–Kier alpha value is -3.59. The molecule has 1 fully saturated rings. The van der Waals surface area contributed by atoms with Gasteiger partial charge >= 0.3 is 0 Å². The minimum atomic E-state index is -0.555. The topological polar surface area (TPSA) is 88.6 Å². The first-order valence-corrected chi connectivity index (χ1v) is 9.14. The number of fused-ring (bicyclic) bond motifs is 1. The second kappa shape index (κ2) is 6.78. The summed E-state index contributed by atoms with van der Waals surface area (Å²) in [6.07, 6.45) is 3.18. The van der Waals surface area contributed by atoms with Gasteiger partial charge in [-0.05, 0) is 37.4 Å².